The molecule has 0 unspecified atom stereocenters. The van der Waals surface area contributed by atoms with E-state index in [1.807, 2.05) is 4.57 Å². The van der Waals surface area contributed by atoms with E-state index >= 15 is 0 Å². The quantitative estimate of drug-likeness (QED) is 0.385. The van der Waals surface area contributed by atoms with Gasteiger partial charge in [-0.3, -0.25) is 9.36 Å². The number of fused-ring (bicyclic) bond motifs is 1. The molecule has 10 nitrogen and oxygen atoms in total. The Bertz CT molecular complexity index is 1240. The van der Waals surface area contributed by atoms with E-state index in [0.29, 0.717) is 61.0 Å². The Morgan fingerprint density at radius 3 is 2.51 bits per heavy atom. The fourth-order valence-electron chi connectivity index (χ4n) is 4.63. The Balaban J connectivity index is 1.54. The molecule has 1 aromatic carbocycles. The van der Waals surface area contributed by atoms with Crippen LogP contribution < -0.4 is 16.4 Å². The third kappa shape index (κ3) is 4.86. The van der Waals surface area contributed by atoms with E-state index in [9.17, 15) is 14.3 Å². The normalized spacial score (nSPS) is 24.6. The number of ether oxygens (including phenoxy) is 1. The number of carbonyl (C=O) groups excluding carboxylic acids is 1. The lowest BCUT2D eigenvalue weighted by Crippen LogP contribution is -2.32. The Morgan fingerprint density at radius 1 is 1.17 bits per heavy atom. The molecule has 3 heterocycles. The number of benzene rings is 1. The predicted octanol–water partition coefficient (Wildman–Crippen LogP) is 3.40. The van der Waals surface area contributed by atoms with Crippen LogP contribution in [0.15, 0.2) is 18.3 Å². The number of halogens is 3. The zero-order chi connectivity index (χ0) is 24.7. The highest BCUT2D eigenvalue weighted by Crippen LogP contribution is 2.39. The SMILES string of the molecule is NC(=O)C1CCC(n2c(Nc3c(Cl)cc(F)cc3Cl)nc3cnc(N[C@H]4COC[C@H]4O)nc32)CC1. The average molecular weight is 524 g/mol. The van der Waals surface area contributed by atoms with Crippen LogP contribution in [0, 0.1) is 11.7 Å². The molecule has 2 aromatic heterocycles. The topological polar surface area (TPSA) is 140 Å². The Kier molecular flexibility index (Phi) is 6.67. The van der Waals surface area contributed by atoms with Crippen molar-refractivity contribution < 1.29 is 19.0 Å². The first kappa shape index (κ1) is 24.0. The van der Waals surface area contributed by atoms with Crippen molar-refractivity contribution in [2.75, 3.05) is 23.8 Å². The van der Waals surface area contributed by atoms with E-state index in [0.717, 1.165) is 12.1 Å². The van der Waals surface area contributed by atoms with Crippen LogP contribution in [0.4, 0.5) is 22.0 Å². The third-order valence-corrected chi connectivity index (χ3v) is 7.10. The van der Waals surface area contributed by atoms with Crippen molar-refractivity contribution in [2.24, 2.45) is 11.7 Å². The largest absolute Gasteiger partial charge is 0.388 e. The second kappa shape index (κ2) is 9.73. The molecule has 1 saturated carbocycles. The van der Waals surface area contributed by atoms with Gasteiger partial charge in [-0.05, 0) is 37.8 Å². The molecule has 1 amide bonds. The number of carbonyl (C=O) groups is 1. The number of amides is 1. The maximum Gasteiger partial charge on any atom is 0.225 e. The summed E-state index contributed by atoms with van der Waals surface area (Å²) in [5.41, 5.74) is 6.90. The number of aliphatic hydroxyl groups is 1. The molecule has 13 heteroatoms. The van der Waals surface area contributed by atoms with Crippen LogP contribution in [0.2, 0.25) is 10.0 Å². The van der Waals surface area contributed by atoms with Gasteiger partial charge in [0.25, 0.3) is 0 Å². The average Bonchev–Trinajstić information content (AvgIpc) is 3.38. The van der Waals surface area contributed by atoms with Gasteiger partial charge >= 0.3 is 0 Å². The van der Waals surface area contributed by atoms with Crippen LogP contribution >= 0.6 is 23.2 Å². The molecule has 0 radical (unpaired) electrons. The maximum absolute atomic E-state index is 13.7. The first-order chi connectivity index (χ1) is 16.8. The van der Waals surface area contributed by atoms with E-state index in [-0.39, 0.29) is 40.6 Å². The fraction of sp³-hybridized carbons (Fsp3) is 0.455. The number of nitrogens with one attached hydrogen (secondary N) is 2. The molecule has 1 aliphatic heterocycles. The number of hydrogen-bond acceptors (Lipinski definition) is 8. The van der Waals surface area contributed by atoms with Gasteiger partial charge in [-0.25, -0.2) is 14.4 Å². The lowest BCUT2D eigenvalue weighted by molar-refractivity contribution is -0.122. The Hall–Kier alpha value is -2.73. The maximum atomic E-state index is 13.7. The first-order valence-electron chi connectivity index (χ1n) is 11.3. The number of imidazole rings is 1. The van der Waals surface area contributed by atoms with Gasteiger partial charge in [0.1, 0.15) is 11.3 Å². The summed E-state index contributed by atoms with van der Waals surface area (Å²) in [6.45, 7) is 0.585. The molecule has 1 aliphatic carbocycles. The predicted molar refractivity (Wildman–Crippen MR) is 129 cm³/mol. The number of rotatable bonds is 6. The molecule has 1 saturated heterocycles. The second-order valence-electron chi connectivity index (χ2n) is 8.84. The van der Waals surface area contributed by atoms with E-state index in [2.05, 4.69) is 25.6 Å². The van der Waals surface area contributed by atoms with Crippen molar-refractivity contribution >= 4 is 57.9 Å². The number of nitrogens with zero attached hydrogens (tertiary/aromatic N) is 4. The number of anilines is 3. The number of primary amides is 1. The van der Waals surface area contributed by atoms with Gasteiger partial charge in [-0.1, -0.05) is 23.2 Å². The monoisotopic (exact) mass is 523 g/mol. The smallest absolute Gasteiger partial charge is 0.225 e. The number of aromatic nitrogens is 4. The van der Waals surface area contributed by atoms with Crippen molar-refractivity contribution in [2.45, 2.75) is 43.9 Å². The van der Waals surface area contributed by atoms with Gasteiger partial charge in [-0.15, -0.1) is 0 Å². The third-order valence-electron chi connectivity index (χ3n) is 6.51. The summed E-state index contributed by atoms with van der Waals surface area (Å²) in [5.74, 6) is -0.289. The van der Waals surface area contributed by atoms with Crippen molar-refractivity contribution in [1.29, 1.82) is 0 Å². The fourth-order valence-corrected chi connectivity index (χ4v) is 5.19. The van der Waals surface area contributed by atoms with Crippen molar-refractivity contribution in [3.8, 4) is 0 Å². The zero-order valence-corrected chi connectivity index (χ0v) is 20.1. The molecule has 35 heavy (non-hydrogen) atoms. The Labute approximate surface area is 210 Å². The number of hydrogen-bond donors (Lipinski definition) is 4. The van der Waals surface area contributed by atoms with E-state index < -0.39 is 11.9 Å². The van der Waals surface area contributed by atoms with Gasteiger partial charge < -0.3 is 26.2 Å². The van der Waals surface area contributed by atoms with Crippen molar-refractivity contribution in [3.05, 3.63) is 34.2 Å². The molecular formula is C22H24Cl2FN7O3. The Morgan fingerprint density at radius 2 is 1.89 bits per heavy atom. The molecular weight excluding hydrogens is 500 g/mol. The highest BCUT2D eigenvalue weighted by molar-refractivity contribution is 6.39. The molecule has 186 valence electrons. The van der Waals surface area contributed by atoms with Gasteiger partial charge in [-0.2, -0.15) is 4.98 Å². The standard InChI is InChI=1S/C22H24Cl2FN7O3/c23-13-5-11(25)6-14(24)18(13)30-22-29-15-7-27-21(28-16-8-35-9-17(16)33)31-20(15)32(22)12-3-1-10(2-4-12)19(26)34/h5-7,10,12,16-17,33H,1-4,8-9H2,(H2,26,34)(H,29,30)(H,27,28,31)/t10?,12?,16-,17+/m0/s1. The summed E-state index contributed by atoms with van der Waals surface area (Å²) in [6, 6.07) is 1.96. The molecule has 2 aliphatic rings. The summed E-state index contributed by atoms with van der Waals surface area (Å²) in [6.07, 6.45) is 3.56. The molecule has 5 N–H and O–H groups in total. The van der Waals surface area contributed by atoms with Crippen LogP contribution in [0.1, 0.15) is 31.7 Å². The van der Waals surface area contributed by atoms with E-state index in [4.69, 9.17) is 33.7 Å². The number of aliphatic hydroxyl groups excluding tert-OH is 1. The van der Waals surface area contributed by atoms with Gasteiger partial charge in [0.2, 0.25) is 17.8 Å². The van der Waals surface area contributed by atoms with Crippen molar-refractivity contribution in [3.63, 3.8) is 0 Å². The second-order valence-corrected chi connectivity index (χ2v) is 9.66. The summed E-state index contributed by atoms with van der Waals surface area (Å²) in [4.78, 5) is 25.3. The molecule has 0 spiro atoms. The van der Waals surface area contributed by atoms with Crippen LogP contribution in [0.5, 0.6) is 0 Å². The van der Waals surface area contributed by atoms with Gasteiger partial charge in [0, 0.05) is 12.0 Å². The van der Waals surface area contributed by atoms with Crippen molar-refractivity contribution in [1.82, 2.24) is 19.5 Å². The van der Waals surface area contributed by atoms with E-state index in [1.165, 1.54) is 0 Å². The number of nitrogens with two attached hydrogens (primary N) is 1. The zero-order valence-electron chi connectivity index (χ0n) is 18.5. The molecule has 5 rings (SSSR count). The molecule has 2 atom stereocenters. The van der Waals surface area contributed by atoms with Gasteiger partial charge in [0.15, 0.2) is 5.65 Å². The highest BCUT2D eigenvalue weighted by atomic mass is 35.5. The lowest BCUT2D eigenvalue weighted by Gasteiger charge is -2.29. The van der Waals surface area contributed by atoms with Gasteiger partial charge in [0.05, 0.1) is 47.3 Å². The lowest BCUT2D eigenvalue weighted by atomic mass is 9.85. The minimum absolute atomic E-state index is 0.0424. The summed E-state index contributed by atoms with van der Waals surface area (Å²) < 4.78 is 20.9. The van der Waals surface area contributed by atoms with Crippen LogP contribution in [-0.4, -0.2) is 55.9 Å². The molecule has 0 bridgehead atoms. The summed E-state index contributed by atoms with van der Waals surface area (Å²) in [7, 11) is 0. The van der Waals surface area contributed by atoms with Crippen LogP contribution in [0.3, 0.4) is 0 Å². The first-order valence-corrected chi connectivity index (χ1v) is 12.0. The van der Waals surface area contributed by atoms with Crippen LogP contribution in [0.25, 0.3) is 11.2 Å². The van der Waals surface area contributed by atoms with Crippen LogP contribution in [-0.2, 0) is 9.53 Å². The molecule has 2 fully saturated rings. The summed E-state index contributed by atoms with van der Waals surface area (Å²) >= 11 is 12.5. The van der Waals surface area contributed by atoms with E-state index in [1.54, 1.807) is 6.20 Å². The summed E-state index contributed by atoms with van der Waals surface area (Å²) in [5, 5.41) is 16.5. The molecule has 3 aromatic rings. The minimum Gasteiger partial charge on any atom is -0.388 e. The highest BCUT2D eigenvalue weighted by Gasteiger charge is 2.30. The minimum atomic E-state index is -0.664.